The number of hydrogen-bond donors (Lipinski definition) is 2. The van der Waals surface area contributed by atoms with E-state index >= 15 is 0 Å². The Hall–Kier alpha value is -2.93. The topological polar surface area (TPSA) is 93.5 Å². The van der Waals surface area contributed by atoms with Gasteiger partial charge in [-0.3, -0.25) is 20.2 Å². The zero-order chi connectivity index (χ0) is 18.4. The first kappa shape index (κ1) is 18.4. The summed E-state index contributed by atoms with van der Waals surface area (Å²) in [6, 6.07) is 12.8. The lowest BCUT2D eigenvalue weighted by atomic mass is 10.1. The monoisotopic (exact) mass is 343 g/mol. The van der Waals surface area contributed by atoms with Crippen LogP contribution in [0.2, 0.25) is 0 Å². The second kappa shape index (κ2) is 8.25. The molecule has 2 aromatic carbocycles. The molecular weight excluding hydrogens is 322 g/mol. The van der Waals surface area contributed by atoms with Gasteiger partial charge in [-0.05, 0) is 32.0 Å². The first-order chi connectivity index (χ1) is 11.9. The molecule has 7 nitrogen and oxygen atoms in total. The van der Waals surface area contributed by atoms with E-state index in [9.17, 15) is 14.9 Å². The largest absolute Gasteiger partial charge is 0.496 e. The molecule has 2 rings (SSSR count). The fourth-order valence-electron chi connectivity index (χ4n) is 2.48. The number of rotatable bonds is 7. The molecule has 25 heavy (non-hydrogen) atoms. The number of carbonyl (C=O) groups is 1. The number of amides is 1. The maximum absolute atomic E-state index is 12.3. The van der Waals surface area contributed by atoms with Crippen molar-refractivity contribution in [3.05, 3.63) is 64.2 Å². The number of benzene rings is 2. The molecule has 2 N–H and O–H groups in total. The minimum atomic E-state index is -0.481. The van der Waals surface area contributed by atoms with E-state index in [2.05, 4.69) is 10.6 Å². The van der Waals surface area contributed by atoms with Crippen molar-refractivity contribution in [2.24, 2.45) is 0 Å². The van der Waals surface area contributed by atoms with Crippen molar-refractivity contribution in [3.8, 4) is 5.75 Å². The van der Waals surface area contributed by atoms with Crippen molar-refractivity contribution in [2.75, 3.05) is 12.4 Å². The zero-order valence-electron chi connectivity index (χ0n) is 14.4. The summed E-state index contributed by atoms with van der Waals surface area (Å²) in [5.41, 5.74) is 1.45. The highest BCUT2D eigenvalue weighted by Gasteiger charge is 2.18. The minimum Gasteiger partial charge on any atom is -0.496 e. The van der Waals surface area contributed by atoms with E-state index in [1.165, 1.54) is 24.3 Å². The van der Waals surface area contributed by atoms with Gasteiger partial charge in [-0.15, -0.1) is 0 Å². The molecule has 0 bridgehead atoms. The SMILES string of the molecule is COc1ccccc1[C@H](C)N[C@@H](C)C(=O)Nc1ccc([N+](=O)[O-])cc1. The Morgan fingerprint density at radius 1 is 1.12 bits per heavy atom. The lowest BCUT2D eigenvalue weighted by molar-refractivity contribution is -0.384. The third kappa shape index (κ3) is 4.77. The van der Waals surface area contributed by atoms with Crippen molar-refractivity contribution in [2.45, 2.75) is 25.9 Å². The van der Waals surface area contributed by atoms with E-state index in [1.807, 2.05) is 31.2 Å². The molecule has 2 atom stereocenters. The summed E-state index contributed by atoms with van der Waals surface area (Å²) < 4.78 is 5.34. The summed E-state index contributed by atoms with van der Waals surface area (Å²) in [4.78, 5) is 22.5. The fraction of sp³-hybridized carbons (Fsp3) is 0.278. The summed E-state index contributed by atoms with van der Waals surface area (Å²) in [7, 11) is 1.61. The van der Waals surface area contributed by atoms with Crippen LogP contribution >= 0.6 is 0 Å². The number of nitrogens with one attached hydrogen (secondary N) is 2. The van der Waals surface area contributed by atoms with E-state index in [0.717, 1.165) is 11.3 Å². The number of para-hydroxylation sites is 1. The third-order valence-corrected chi connectivity index (χ3v) is 3.84. The lowest BCUT2D eigenvalue weighted by Gasteiger charge is -2.21. The molecule has 0 unspecified atom stereocenters. The number of anilines is 1. The van der Waals surface area contributed by atoms with Gasteiger partial charge < -0.3 is 10.1 Å². The van der Waals surface area contributed by atoms with Crippen molar-refractivity contribution in [1.29, 1.82) is 0 Å². The minimum absolute atomic E-state index is 0.0195. The smallest absolute Gasteiger partial charge is 0.269 e. The second-order valence-corrected chi connectivity index (χ2v) is 5.65. The average Bonchev–Trinajstić information content (AvgIpc) is 2.61. The molecular formula is C18H21N3O4. The highest BCUT2D eigenvalue weighted by molar-refractivity contribution is 5.94. The van der Waals surface area contributed by atoms with Gasteiger partial charge in [0.25, 0.3) is 5.69 Å². The van der Waals surface area contributed by atoms with E-state index in [1.54, 1.807) is 14.0 Å². The predicted molar refractivity (Wildman–Crippen MR) is 95.7 cm³/mol. The number of nitrogens with zero attached hydrogens (tertiary/aromatic N) is 1. The second-order valence-electron chi connectivity index (χ2n) is 5.65. The summed E-state index contributed by atoms with van der Waals surface area (Å²) in [5.74, 6) is 0.529. The van der Waals surface area contributed by atoms with Crippen molar-refractivity contribution >= 4 is 17.3 Å². The van der Waals surface area contributed by atoms with Gasteiger partial charge in [0.05, 0.1) is 18.1 Å². The number of carbonyl (C=O) groups excluding carboxylic acids is 1. The third-order valence-electron chi connectivity index (χ3n) is 3.84. The first-order valence-electron chi connectivity index (χ1n) is 7.86. The quantitative estimate of drug-likeness (QED) is 0.594. The highest BCUT2D eigenvalue weighted by Crippen LogP contribution is 2.24. The Labute approximate surface area is 146 Å². The Kier molecular flexibility index (Phi) is 6.08. The summed E-state index contributed by atoms with van der Waals surface area (Å²) in [6.07, 6.45) is 0. The molecule has 0 aliphatic heterocycles. The van der Waals surface area contributed by atoms with Crippen molar-refractivity contribution in [3.63, 3.8) is 0 Å². The Balaban J connectivity index is 1.98. The Bertz CT molecular complexity index is 746. The predicted octanol–water partition coefficient (Wildman–Crippen LogP) is 3.28. The maximum Gasteiger partial charge on any atom is 0.269 e. The van der Waals surface area contributed by atoms with Gasteiger partial charge in [0.15, 0.2) is 0 Å². The van der Waals surface area contributed by atoms with Crippen LogP contribution in [0.15, 0.2) is 48.5 Å². The summed E-state index contributed by atoms with van der Waals surface area (Å²) in [5, 5.41) is 16.6. The molecule has 0 radical (unpaired) electrons. The number of ether oxygens (including phenoxy) is 1. The van der Waals surface area contributed by atoms with Crippen LogP contribution in [-0.2, 0) is 4.79 Å². The Morgan fingerprint density at radius 3 is 2.36 bits per heavy atom. The summed E-state index contributed by atoms with van der Waals surface area (Å²) >= 11 is 0. The van der Waals surface area contributed by atoms with E-state index < -0.39 is 11.0 Å². The average molecular weight is 343 g/mol. The highest BCUT2D eigenvalue weighted by atomic mass is 16.6. The fourth-order valence-corrected chi connectivity index (χ4v) is 2.48. The normalized spacial score (nSPS) is 12.9. The van der Waals surface area contributed by atoms with Crippen LogP contribution in [0.3, 0.4) is 0 Å². The summed E-state index contributed by atoms with van der Waals surface area (Å²) in [6.45, 7) is 3.71. The number of methoxy groups -OCH3 is 1. The molecule has 2 aromatic rings. The molecule has 0 aromatic heterocycles. The first-order valence-corrected chi connectivity index (χ1v) is 7.86. The van der Waals surface area contributed by atoms with Gasteiger partial charge >= 0.3 is 0 Å². The van der Waals surface area contributed by atoms with Gasteiger partial charge in [0.2, 0.25) is 5.91 Å². The van der Waals surface area contributed by atoms with Gasteiger partial charge in [-0.25, -0.2) is 0 Å². The standard InChI is InChI=1S/C18H21N3O4/c1-12(16-6-4-5-7-17(16)25-3)19-13(2)18(22)20-14-8-10-15(11-9-14)21(23)24/h4-13,19H,1-3H3,(H,20,22)/t12-,13-/m0/s1. The van der Waals surface area contributed by atoms with Crippen LogP contribution in [0, 0.1) is 10.1 Å². The number of non-ortho nitro benzene ring substituents is 1. The number of hydrogen-bond acceptors (Lipinski definition) is 5. The molecule has 0 saturated carbocycles. The van der Waals surface area contributed by atoms with Crippen LogP contribution < -0.4 is 15.4 Å². The molecule has 0 saturated heterocycles. The molecule has 0 spiro atoms. The number of nitro groups is 1. The maximum atomic E-state index is 12.3. The van der Waals surface area contributed by atoms with Crippen LogP contribution in [0.5, 0.6) is 5.75 Å². The molecule has 0 aliphatic carbocycles. The lowest BCUT2D eigenvalue weighted by Crippen LogP contribution is -2.39. The van der Waals surface area contributed by atoms with E-state index in [0.29, 0.717) is 5.69 Å². The van der Waals surface area contributed by atoms with E-state index in [-0.39, 0.29) is 17.6 Å². The van der Waals surface area contributed by atoms with Crippen molar-refractivity contribution in [1.82, 2.24) is 5.32 Å². The number of nitro benzene ring substituents is 1. The van der Waals surface area contributed by atoms with Gasteiger partial charge in [-0.1, -0.05) is 18.2 Å². The van der Waals surface area contributed by atoms with Crippen LogP contribution in [0.4, 0.5) is 11.4 Å². The van der Waals surface area contributed by atoms with Crippen LogP contribution in [0.1, 0.15) is 25.5 Å². The molecule has 0 aliphatic rings. The molecule has 7 heteroatoms. The Morgan fingerprint density at radius 2 is 1.76 bits per heavy atom. The molecule has 0 heterocycles. The van der Waals surface area contributed by atoms with E-state index in [4.69, 9.17) is 4.74 Å². The molecule has 132 valence electrons. The van der Waals surface area contributed by atoms with Gasteiger partial charge in [0.1, 0.15) is 5.75 Å². The van der Waals surface area contributed by atoms with Crippen LogP contribution in [0.25, 0.3) is 0 Å². The van der Waals surface area contributed by atoms with Gasteiger partial charge in [-0.2, -0.15) is 0 Å². The van der Waals surface area contributed by atoms with Crippen LogP contribution in [-0.4, -0.2) is 24.0 Å². The molecule has 1 amide bonds. The molecule has 0 fully saturated rings. The van der Waals surface area contributed by atoms with Crippen molar-refractivity contribution < 1.29 is 14.5 Å². The zero-order valence-corrected chi connectivity index (χ0v) is 14.4. The van der Waals surface area contributed by atoms with Gasteiger partial charge in [0, 0.05) is 29.4 Å².